The normalized spacial score (nSPS) is 20.9. The molecule has 2 fully saturated rings. The highest BCUT2D eigenvalue weighted by molar-refractivity contribution is 8.14. The van der Waals surface area contributed by atoms with Crippen LogP contribution in [0, 0.1) is 0 Å². The van der Waals surface area contributed by atoms with Gasteiger partial charge in [0.2, 0.25) is 5.91 Å². The van der Waals surface area contributed by atoms with Crippen LogP contribution in [0.25, 0.3) is 0 Å². The van der Waals surface area contributed by atoms with Gasteiger partial charge in [0.15, 0.2) is 5.17 Å². The molecule has 0 spiro atoms. The molecule has 1 heterocycles. The minimum Gasteiger partial charge on any atom is -0.325 e. The second kappa shape index (κ2) is 10.4. The van der Waals surface area contributed by atoms with Crippen molar-refractivity contribution in [2.45, 2.75) is 71.1 Å². The fourth-order valence-electron chi connectivity index (χ4n) is 4.55. The van der Waals surface area contributed by atoms with E-state index in [-0.39, 0.29) is 12.1 Å². The molecule has 1 saturated heterocycles. The lowest BCUT2D eigenvalue weighted by Crippen LogP contribution is -2.49. The summed E-state index contributed by atoms with van der Waals surface area (Å²) in [6.07, 6.45) is 7.22. The molecule has 2 aromatic rings. The summed E-state index contributed by atoms with van der Waals surface area (Å²) >= 11 is 1.80. The van der Waals surface area contributed by atoms with Gasteiger partial charge in [0.05, 0.1) is 6.04 Å². The van der Waals surface area contributed by atoms with Crippen molar-refractivity contribution in [3.63, 3.8) is 0 Å². The summed E-state index contributed by atoms with van der Waals surface area (Å²) < 4.78 is 0. The van der Waals surface area contributed by atoms with Gasteiger partial charge in [-0.3, -0.25) is 14.7 Å². The standard InChI is InChI=1S/C26H33N3OS/c1-3-21-14-16-24(17-15-21)29(20(2)30)25-19-31-26(27-23-12-8-5-9-13-23)28(25)18-22-10-6-4-7-11-22/h4,6-7,10-11,14-17,23,25H,3,5,8-9,12-13,18-19H2,1-2H3. The number of carbonyl (C=O) groups is 1. The van der Waals surface area contributed by atoms with Crippen LogP contribution >= 0.6 is 11.8 Å². The number of amidine groups is 1. The van der Waals surface area contributed by atoms with Crippen LogP contribution in [0.1, 0.15) is 57.1 Å². The molecule has 4 nitrogen and oxygen atoms in total. The molecule has 5 heteroatoms. The Bertz CT molecular complexity index is 891. The minimum atomic E-state index is -0.0301. The van der Waals surface area contributed by atoms with E-state index in [0.717, 1.165) is 29.6 Å². The monoisotopic (exact) mass is 435 g/mol. The van der Waals surface area contributed by atoms with Crippen LogP contribution in [0.5, 0.6) is 0 Å². The molecule has 31 heavy (non-hydrogen) atoms. The zero-order valence-electron chi connectivity index (χ0n) is 18.7. The Morgan fingerprint density at radius 1 is 1.03 bits per heavy atom. The van der Waals surface area contributed by atoms with Gasteiger partial charge in [-0.1, -0.05) is 80.4 Å². The molecular weight excluding hydrogens is 402 g/mol. The van der Waals surface area contributed by atoms with Crippen molar-refractivity contribution in [3.05, 3.63) is 65.7 Å². The van der Waals surface area contributed by atoms with E-state index in [0.29, 0.717) is 6.04 Å². The predicted molar refractivity (Wildman–Crippen MR) is 132 cm³/mol. The molecule has 2 aliphatic rings. The summed E-state index contributed by atoms with van der Waals surface area (Å²) in [5.41, 5.74) is 3.50. The highest BCUT2D eigenvalue weighted by Crippen LogP contribution is 2.33. The molecule has 1 saturated carbocycles. The van der Waals surface area contributed by atoms with E-state index < -0.39 is 0 Å². The molecule has 1 amide bonds. The number of anilines is 1. The first-order valence-electron chi connectivity index (χ1n) is 11.6. The van der Waals surface area contributed by atoms with Gasteiger partial charge in [-0.25, -0.2) is 0 Å². The van der Waals surface area contributed by atoms with Crippen LogP contribution in [0.3, 0.4) is 0 Å². The largest absolute Gasteiger partial charge is 0.325 e. The summed E-state index contributed by atoms with van der Waals surface area (Å²) in [6, 6.07) is 19.4. The number of hydrogen-bond donors (Lipinski definition) is 0. The van der Waals surface area contributed by atoms with Crippen molar-refractivity contribution in [2.24, 2.45) is 4.99 Å². The first-order chi connectivity index (χ1) is 15.2. The van der Waals surface area contributed by atoms with Crippen LogP contribution in [0.15, 0.2) is 59.6 Å². The van der Waals surface area contributed by atoms with Gasteiger partial charge < -0.3 is 4.90 Å². The maximum absolute atomic E-state index is 12.8. The van der Waals surface area contributed by atoms with E-state index in [2.05, 4.69) is 60.4 Å². The Balaban J connectivity index is 1.65. The average Bonchev–Trinajstić information content (AvgIpc) is 3.17. The van der Waals surface area contributed by atoms with Crippen LogP contribution < -0.4 is 4.90 Å². The molecule has 4 rings (SSSR count). The van der Waals surface area contributed by atoms with Crippen molar-refractivity contribution in [1.29, 1.82) is 0 Å². The van der Waals surface area contributed by atoms with E-state index in [9.17, 15) is 4.79 Å². The summed E-state index contributed by atoms with van der Waals surface area (Å²) in [5, 5.41) is 1.09. The number of nitrogens with zero attached hydrogens (tertiary/aromatic N) is 3. The third-order valence-corrected chi connectivity index (χ3v) is 7.35. The van der Waals surface area contributed by atoms with E-state index in [1.165, 1.54) is 43.2 Å². The van der Waals surface area contributed by atoms with E-state index in [1.54, 1.807) is 18.7 Å². The van der Waals surface area contributed by atoms with Crippen LogP contribution in [-0.2, 0) is 17.8 Å². The van der Waals surface area contributed by atoms with Crippen LogP contribution in [0.2, 0.25) is 0 Å². The number of aryl methyl sites for hydroxylation is 1. The Labute approximate surface area is 190 Å². The molecule has 0 radical (unpaired) electrons. The summed E-state index contributed by atoms with van der Waals surface area (Å²) in [4.78, 5) is 22.3. The molecule has 0 N–H and O–H groups in total. The van der Waals surface area contributed by atoms with Crippen LogP contribution in [-0.4, -0.2) is 33.9 Å². The maximum Gasteiger partial charge on any atom is 0.225 e. The van der Waals surface area contributed by atoms with E-state index in [1.807, 2.05) is 11.0 Å². The topological polar surface area (TPSA) is 35.9 Å². The van der Waals surface area contributed by atoms with E-state index >= 15 is 0 Å². The molecule has 1 aliphatic carbocycles. The lowest BCUT2D eigenvalue weighted by atomic mass is 9.96. The quantitative estimate of drug-likeness (QED) is 0.570. The van der Waals surface area contributed by atoms with E-state index in [4.69, 9.17) is 4.99 Å². The number of aliphatic imine (C=N–C) groups is 1. The Morgan fingerprint density at radius 2 is 1.74 bits per heavy atom. The Morgan fingerprint density at radius 3 is 2.39 bits per heavy atom. The number of carbonyl (C=O) groups excluding carboxylic acids is 1. The van der Waals surface area contributed by atoms with Crippen molar-refractivity contribution in [2.75, 3.05) is 10.7 Å². The number of amides is 1. The first-order valence-corrected chi connectivity index (χ1v) is 12.5. The third-order valence-electron chi connectivity index (χ3n) is 6.29. The van der Waals surface area contributed by atoms with Crippen molar-refractivity contribution >= 4 is 28.5 Å². The van der Waals surface area contributed by atoms with Crippen molar-refractivity contribution < 1.29 is 4.79 Å². The number of rotatable bonds is 6. The molecule has 1 aliphatic heterocycles. The summed E-state index contributed by atoms with van der Waals surface area (Å²) in [7, 11) is 0. The second-order valence-corrected chi connectivity index (χ2v) is 9.50. The Kier molecular flexibility index (Phi) is 7.33. The lowest BCUT2D eigenvalue weighted by molar-refractivity contribution is -0.117. The van der Waals surface area contributed by atoms with Gasteiger partial charge in [0.25, 0.3) is 0 Å². The zero-order valence-corrected chi connectivity index (χ0v) is 19.5. The second-order valence-electron chi connectivity index (χ2n) is 8.52. The van der Waals surface area contributed by atoms with Gasteiger partial charge in [-0.15, -0.1) is 0 Å². The molecule has 2 aromatic carbocycles. The van der Waals surface area contributed by atoms with Gasteiger partial charge in [0.1, 0.15) is 6.17 Å². The van der Waals surface area contributed by atoms with Crippen molar-refractivity contribution in [3.8, 4) is 0 Å². The van der Waals surface area contributed by atoms with Gasteiger partial charge in [0, 0.05) is 24.9 Å². The molecule has 164 valence electrons. The third kappa shape index (κ3) is 5.32. The summed E-state index contributed by atoms with van der Waals surface area (Å²) in [6.45, 7) is 4.59. The summed E-state index contributed by atoms with van der Waals surface area (Å²) in [5.74, 6) is 0.917. The minimum absolute atomic E-state index is 0.0301. The van der Waals surface area contributed by atoms with Crippen molar-refractivity contribution in [1.82, 2.24) is 4.90 Å². The molecular formula is C26H33N3OS. The highest BCUT2D eigenvalue weighted by atomic mass is 32.2. The first kappa shape index (κ1) is 21.9. The smallest absolute Gasteiger partial charge is 0.225 e. The molecule has 1 atom stereocenters. The highest BCUT2D eigenvalue weighted by Gasteiger charge is 2.37. The van der Waals surface area contributed by atoms with Gasteiger partial charge in [-0.2, -0.15) is 0 Å². The number of thioether (sulfide) groups is 1. The fourth-order valence-corrected chi connectivity index (χ4v) is 5.75. The van der Waals surface area contributed by atoms with Gasteiger partial charge >= 0.3 is 0 Å². The maximum atomic E-state index is 12.8. The molecule has 1 unspecified atom stereocenters. The lowest BCUT2D eigenvalue weighted by Gasteiger charge is -2.35. The SMILES string of the molecule is CCc1ccc(N(C(C)=O)C2CSC(=NC3CCCCC3)N2Cc2ccccc2)cc1. The zero-order chi connectivity index (χ0) is 21.6. The molecule has 0 bridgehead atoms. The average molecular weight is 436 g/mol. The van der Waals surface area contributed by atoms with Gasteiger partial charge in [-0.05, 0) is 42.5 Å². The van der Waals surface area contributed by atoms with Crippen LogP contribution in [0.4, 0.5) is 5.69 Å². The number of benzene rings is 2. The predicted octanol–water partition coefficient (Wildman–Crippen LogP) is 5.87. The molecule has 0 aromatic heterocycles. The number of hydrogen-bond acceptors (Lipinski definition) is 3. The fraction of sp³-hybridized carbons (Fsp3) is 0.462. The Hall–Kier alpha value is -2.27.